The first kappa shape index (κ1) is 12.5. The zero-order valence-electron chi connectivity index (χ0n) is 9.30. The normalized spacial score (nSPS) is 10.8. The third-order valence-electron chi connectivity index (χ3n) is 1.98. The molecule has 2 heteroatoms. The second-order valence-corrected chi connectivity index (χ2v) is 3.75. The van der Waals surface area contributed by atoms with Gasteiger partial charge in [0.1, 0.15) is 0 Å². The van der Waals surface area contributed by atoms with Crippen molar-refractivity contribution >= 4 is 0 Å². The average molecular weight is 182 g/mol. The van der Waals surface area contributed by atoms with E-state index in [1.807, 2.05) is 0 Å². The molecule has 0 amide bonds. The van der Waals surface area contributed by atoms with Crippen LogP contribution < -0.4 is 5.73 Å². The van der Waals surface area contributed by atoms with Crippen LogP contribution in [0.15, 0.2) is 0 Å². The molecule has 0 aliphatic heterocycles. The molecule has 2 N–H and O–H groups in total. The van der Waals surface area contributed by atoms with Crippen molar-refractivity contribution in [1.29, 1.82) is 0 Å². The molecule has 0 saturated carbocycles. The third kappa shape index (κ3) is 5.68. The maximum Gasteiger partial charge on any atom is 0.0606 e. The fourth-order valence-electron chi connectivity index (χ4n) is 1.27. The highest BCUT2D eigenvalue weighted by molar-refractivity contribution is 5.02. The minimum Gasteiger partial charge on any atom is -0.330 e. The van der Waals surface area contributed by atoms with Gasteiger partial charge in [0.2, 0.25) is 0 Å². The van der Waals surface area contributed by atoms with Gasteiger partial charge in [-0.15, -0.1) is 5.92 Å². The Labute approximate surface area is 82.5 Å². The summed E-state index contributed by atoms with van der Waals surface area (Å²) < 4.78 is 0. The lowest BCUT2D eigenvalue weighted by molar-refractivity contribution is 0.200. The molecule has 0 bridgehead atoms. The van der Waals surface area contributed by atoms with Crippen molar-refractivity contribution < 1.29 is 0 Å². The van der Waals surface area contributed by atoms with Crippen LogP contribution in [0.25, 0.3) is 0 Å². The Hall–Kier alpha value is -0.520. The van der Waals surface area contributed by atoms with Crippen LogP contribution in [0.1, 0.15) is 34.1 Å². The third-order valence-corrected chi connectivity index (χ3v) is 1.98. The van der Waals surface area contributed by atoms with Gasteiger partial charge in [0.25, 0.3) is 0 Å². The zero-order chi connectivity index (χ0) is 10.3. The van der Waals surface area contributed by atoms with Gasteiger partial charge in [-0.25, -0.2) is 0 Å². The quantitative estimate of drug-likeness (QED) is 0.667. The molecule has 2 nitrogen and oxygen atoms in total. The van der Waals surface area contributed by atoms with E-state index in [1.165, 1.54) is 0 Å². The second kappa shape index (κ2) is 6.94. The fourth-order valence-corrected chi connectivity index (χ4v) is 1.27. The van der Waals surface area contributed by atoms with Crippen molar-refractivity contribution in [1.82, 2.24) is 4.90 Å². The topological polar surface area (TPSA) is 29.3 Å². The van der Waals surface area contributed by atoms with Crippen molar-refractivity contribution in [2.24, 2.45) is 5.73 Å². The van der Waals surface area contributed by atoms with Crippen LogP contribution in [0.4, 0.5) is 0 Å². The van der Waals surface area contributed by atoms with Crippen LogP contribution in [0.3, 0.4) is 0 Å². The summed E-state index contributed by atoms with van der Waals surface area (Å²) in [6, 6.07) is 1.12. The monoisotopic (exact) mass is 182 g/mol. The highest BCUT2D eigenvalue weighted by atomic mass is 15.2. The molecule has 0 unspecified atom stereocenters. The molecule has 0 heterocycles. The molecule has 0 rings (SSSR count). The van der Waals surface area contributed by atoms with E-state index in [1.54, 1.807) is 0 Å². The maximum absolute atomic E-state index is 5.35. The van der Waals surface area contributed by atoms with E-state index in [4.69, 9.17) is 5.73 Å². The Morgan fingerprint density at radius 2 is 1.62 bits per heavy atom. The Morgan fingerprint density at radius 3 is 2.00 bits per heavy atom. The summed E-state index contributed by atoms with van der Waals surface area (Å²) in [5.74, 6) is 6.20. The lowest BCUT2D eigenvalue weighted by Gasteiger charge is -2.28. The minimum absolute atomic E-state index is 0.562. The number of hydrogen-bond donors (Lipinski definition) is 1. The molecule has 0 spiro atoms. The average Bonchev–Trinajstić information content (AvgIpc) is 2.02. The summed E-state index contributed by atoms with van der Waals surface area (Å²) in [7, 11) is 0. The van der Waals surface area contributed by atoms with Gasteiger partial charge in [-0.2, -0.15) is 0 Å². The molecule has 0 radical (unpaired) electrons. The number of hydrogen-bond acceptors (Lipinski definition) is 2. The van der Waals surface area contributed by atoms with Crippen molar-refractivity contribution in [2.45, 2.75) is 46.2 Å². The molecule has 0 aliphatic rings. The molecular formula is C11H22N2. The summed E-state index contributed by atoms with van der Waals surface area (Å²) in [4.78, 5) is 2.36. The lowest BCUT2D eigenvalue weighted by Crippen LogP contribution is -2.37. The van der Waals surface area contributed by atoms with Crippen molar-refractivity contribution in [3.05, 3.63) is 0 Å². The lowest BCUT2D eigenvalue weighted by atomic mass is 10.2. The molecule has 0 aromatic heterocycles. The standard InChI is InChI=1S/C11H22N2/c1-10(2)13(11(3)4)9-7-5-6-8-12/h10-11H,6,8-9,12H2,1-4H3. The van der Waals surface area contributed by atoms with E-state index >= 15 is 0 Å². The number of nitrogens with two attached hydrogens (primary N) is 1. The van der Waals surface area contributed by atoms with Crippen molar-refractivity contribution in [3.63, 3.8) is 0 Å². The SMILES string of the molecule is CC(C)N(CC#CCCN)C(C)C. The van der Waals surface area contributed by atoms with Gasteiger partial charge < -0.3 is 5.73 Å². The molecule has 0 fully saturated rings. The van der Waals surface area contributed by atoms with Crippen molar-refractivity contribution in [2.75, 3.05) is 13.1 Å². The van der Waals surface area contributed by atoms with E-state index in [-0.39, 0.29) is 0 Å². The molecule has 0 aromatic rings. The highest BCUT2D eigenvalue weighted by Gasteiger charge is 2.10. The van der Waals surface area contributed by atoms with E-state index in [9.17, 15) is 0 Å². The summed E-state index contributed by atoms with van der Waals surface area (Å²) in [5, 5.41) is 0. The van der Waals surface area contributed by atoms with Gasteiger partial charge in [-0.3, -0.25) is 4.90 Å². The van der Waals surface area contributed by atoms with E-state index in [0.717, 1.165) is 13.0 Å². The fraction of sp³-hybridized carbons (Fsp3) is 0.818. The van der Waals surface area contributed by atoms with Crippen molar-refractivity contribution in [3.8, 4) is 11.8 Å². The Morgan fingerprint density at radius 1 is 1.08 bits per heavy atom. The predicted molar refractivity (Wildman–Crippen MR) is 58.4 cm³/mol. The Balaban J connectivity index is 3.92. The van der Waals surface area contributed by atoms with Gasteiger partial charge in [-0.1, -0.05) is 5.92 Å². The summed E-state index contributed by atoms with van der Waals surface area (Å²) in [5.41, 5.74) is 5.35. The maximum atomic E-state index is 5.35. The van der Waals surface area contributed by atoms with Gasteiger partial charge in [0, 0.05) is 25.0 Å². The van der Waals surface area contributed by atoms with Crippen LogP contribution in [0.2, 0.25) is 0 Å². The predicted octanol–water partition coefficient (Wildman–Crippen LogP) is 1.46. The number of nitrogens with zero attached hydrogens (tertiary/aromatic N) is 1. The highest BCUT2D eigenvalue weighted by Crippen LogP contribution is 2.02. The Kier molecular flexibility index (Phi) is 6.66. The Bertz CT molecular complexity index is 166. The van der Waals surface area contributed by atoms with E-state index < -0.39 is 0 Å². The van der Waals surface area contributed by atoms with Gasteiger partial charge in [0.15, 0.2) is 0 Å². The molecule has 13 heavy (non-hydrogen) atoms. The first-order valence-corrected chi connectivity index (χ1v) is 5.01. The molecule has 0 aliphatic carbocycles. The van der Waals surface area contributed by atoms with Gasteiger partial charge >= 0.3 is 0 Å². The first-order chi connectivity index (χ1) is 6.09. The summed E-state index contributed by atoms with van der Waals surface area (Å²) in [6.45, 7) is 10.3. The number of rotatable bonds is 4. The van der Waals surface area contributed by atoms with Gasteiger partial charge in [-0.05, 0) is 27.7 Å². The van der Waals surface area contributed by atoms with Crippen LogP contribution >= 0.6 is 0 Å². The molecular weight excluding hydrogens is 160 g/mol. The largest absolute Gasteiger partial charge is 0.330 e. The van der Waals surface area contributed by atoms with E-state index in [0.29, 0.717) is 18.6 Å². The molecule has 0 saturated heterocycles. The smallest absolute Gasteiger partial charge is 0.0606 e. The van der Waals surface area contributed by atoms with Crippen LogP contribution in [-0.2, 0) is 0 Å². The van der Waals surface area contributed by atoms with E-state index in [2.05, 4.69) is 44.4 Å². The first-order valence-electron chi connectivity index (χ1n) is 5.01. The summed E-state index contributed by atoms with van der Waals surface area (Å²) >= 11 is 0. The second-order valence-electron chi connectivity index (χ2n) is 3.75. The minimum atomic E-state index is 0.562. The zero-order valence-corrected chi connectivity index (χ0v) is 9.30. The summed E-state index contributed by atoms with van der Waals surface area (Å²) in [6.07, 6.45) is 0.810. The molecule has 0 aromatic carbocycles. The van der Waals surface area contributed by atoms with Crippen LogP contribution in [0.5, 0.6) is 0 Å². The van der Waals surface area contributed by atoms with Crippen LogP contribution in [0, 0.1) is 11.8 Å². The van der Waals surface area contributed by atoms with Crippen LogP contribution in [-0.4, -0.2) is 30.1 Å². The molecule has 76 valence electrons. The van der Waals surface area contributed by atoms with Gasteiger partial charge in [0.05, 0.1) is 6.54 Å². The molecule has 0 atom stereocenters.